The Balaban J connectivity index is 3.56. The third-order valence-corrected chi connectivity index (χ3v) is 2.40. The number of ether oxygens (including phenoxy) is 1. The quantitative estimate of drug-likeness (QED) is 0.659. The first-order chi connectivity index (χ1) is 5.89. The van der Waals surface area contributed by atoms with Gasteiger partial charge in [-0.15, -0.1) is 0 Å². The summed E-state index contributed by atoms with van der Waals surface area (Å²) >= 11 is 0. The Hall–Kier alpha value is -0.120. The minimum atomic E-state index is -0.781. The molecule has 3 nitrogen and oxygen atoms in total. The van der Waals surface area contributed by atoms with Crippen LogP contribution in [-0.4, -0.2) is 30.0 Å². The Kier molecular flexibility index (Phi) is 5.53. The smallest absolute Gasteiger partial charge is 0.0763 e. The molecule has 0 aromatic heterocycles. The Bertz CT molecular complexity index is 135. The summed E-state index contributed by atoms with van der Waals surface area (Å²) in [4.78, 5) is 0. The standard InChI is InChI=1S/C10H23NO2/c1-8(2)9(3)13-6-5-10(4,12)7-11/h8-9,12H,5-7,11H2,1-4H3. The molecule has 0 amide bonds. The first-order valence-corrected chi connectivity index (χ1v) is 4.93. The summed E-state index contributed by atoms with van der Waals surface area (Å²) in [6.45, 7) is 8.87. The van der Waals surface area contributed by atoms with Gasteiger partial charge >= 0.3 is 0 Å². The fraction of sp³-hybridized carbons (Fsp3) is 1.00. The van der Waals surface area contributed by atoms with Gasteiger partial charge in [0.05, 0.1) is 11.7 Å². The van der Waals surface area contributed by atoms with Crippen LogP contribution >= 0.6 is 0 Å². The van der Waals surface area contributed by atoms with Crippen LogP contribution in [0, 0.1) is 5.92 Å². The molecule has 0 aromatic rings. The van der Waals surface area contributed by atoms with Crippen LogP contribution < -0.4 is 5.73 Å². The predicted molar refractivity (Wildman–Crippen MR) is 54.5 cm³/mol. The summed E-state index contributed by atoms with van der Waals surface area (Å²) in [5.41, 5.74) is 4.60. The topological polar surface area (TPSA) is 55.5 Å². The monoisotopic (exact) mass is 189 g/mol. The molecule has 0 bridgehead atoms. The van der Waals surface area contributed by atoms with Gasteiger partial charge in [0.15, 0.2) is 0 Å². The largest absolute Gasteiger partial charge is 0.389 e. The van der Waals surface area contributed by atoms with E-state index in [0.29, 0.717) is 18.9 Å². The van der Waals surface area contributed by atoms with Crippen LogP contribution in [0.15, 0.2) is 0 Å². The summed E-state index contributed by atoms with van der Waals surface area (Å²) in [5, 5.41) is 9.57. The van der Waals surface area contributed by atoms with E-state index in [4.69, 9.17) is 10.5 Å². The summed E-state index contributed by atoms with van der Waals surface area (Å²) in [6.07, 6.45) is 0.842. The van der Waals surface area contributed by atoms with Crippen molar-refractivity contribution < 1.29 is 9.84 Å². The van der Waals surface area contributed by atoms with Crippen molar-refractivity contribution in [2.75, 3.05) is 13.2 Å². The van der Waals surface area contributed by atoms with E-state index in [1.165, 1.54) is 0 Å². The molecule has 0 saturated carbocycles. The maximum Gasteiger partial charge on any atom is 0.0763 e. The van der Waals surface area contributed by atoms with Gasteiger partial charge in [-0.1, -0.05) is 13.8 Å². The van der Waals surface area contributed by atoms with Gasteiger partial charge in [-0.2, -0.15) is 0 Å². The second-order valence-electron chi connectivity index (χ2n) is 4.27. The van der Waals surface area contributed by atoms with Crippen molar-refractivity contribution in [2.24, 2.45) is 11.7 Å². The Morgan fingerprint density at radius 3 is 2.31 bits per heavy atom. The van der Waals surface area contributed by atoms with Crippen molar-refractivity contribution in [2.45, 2.75) is 45.8 Å². The van der Waals surface area contributed by atoms with E-state index in [-0.39, 0.29) is 12.6 Å². The minimum absolute atomic E-state index is 0.244. The highest BCUT2D eigenvalue weighted by molar-refractivity contribution is 4.72. The molecule has 0 radical (unpaired) electrons. The first kappa shape index (κ1) is 12.9. The Morgan fingerprint density at radius 2 is 1.92 bits per heavy atom. The number of rotatable bonds is 6. The van der Waals surface area contributed by atoms with Gasteiger partial charge in [-0.25, -0.2) is 0 Å². The van der Waals surface area contributed by atoms with E-state index in [0.717, 1.165) is 0 Å². The van der Waals surface area contributed by atoms with Crippen LogP contribution in [-0.2, 0) is 4.74 Å². The predicted octanol–water partition coefficient (Wildman–Crippen LogP) is 1.15. The molecule has 0 aliphatic rings. The molecular weight excluding hydrogens is 166 g/mol. The molecule has 3 heteroatoms. The van der Waals surface area contributed by atoms with Crippen LogP contribution in [0.4, 0.5) is 0 Å². The number of hydrogen-bond acceptors (Lipinski definition) is 3. The molecule has 13 heavy (non-hydrogen) atoms. The van der Waals surface area contributed by atoms with Crippen molar-refractivity contribution >= 4 is 0 Å². The van der Waals surface area contributed by atoms with Crippen LogP contribution in [0.3, 0.4) is 0 Å². The van der Waals surface area contributed by atoms with Gasteiger partial charge in [0.2, 0.25) is 0 Å². The zero-order chi connectivity index (χ0) is 10.5. The van der Waals surface area contributed by atoms with Crippen LogP contribution in [0.1, 0.15) is 34.1 Å². The maximum absolute atomic E-state index is 9.57. The Morgan fingerprint density at radius 1 is 1.38 bits per heavy atom. The van der Waals surface area contributed by atoms with Crippen LogP contribution in [0.2, 0.25) is 0 Å². The summed E-state index contributed by atoms with van der Waals surface area (Å²) in [5.74, 6) is 0.517. The van der Waals surface area contributed by atoms with Crippen LogP contribution in [0.5, 0.6) is 0 Å². The highest BCUT2D eigenvalue weighted by atomic mass is 16.5. The van der Waals surface area contributed by atoms with E-state index in [1.807, 2.05) is 6.92 Å². The van der Waals surface area contributed by atoms with E-state index in [9.17, 15) is 5.11 Å². The average Bonchev–Trinajstić information content (AvgIpc) is 2.04. The van der Waals surface area contributed by atoms with Gasteiger partial charge in [-0.05, 0) is 19.8 Å². The average molecular weight is 189 g/mol. The molecule has 80 valence electrons. The zero-order valence-corrected chi connectivity index (χ0v) is 9.21. The molecule has 0 fully saturated rings. The van der Waals surface area contributed by atoms with E-state index < -0.39 is 5.60 Å². The number of aliphatic hydroxyl groups is 1. The van der Waals surface area contributed by atoms with Gasteiger partial charge < -0.3 is 15.6 Å². The molecule has 0 heterocycles. The van der Waals surface area contributed by atoms with Gasteiger partial charge in [0.25, 0.3) is 0 Å². The molecule has 0 spiro atoms. The molecule has 0 rings (SSSR count). The Labute approximate surface area is 81.3 Å². The normalized spacial score (nSPS) is 18.7. The lowest BCUT2D eigenvalue weighted by Gasteiger charge is -2.23. The lowest BCUT2D eigenvalue weighted by Crippen LogP contribution is -2.35. The van der Waals surface area contributed by atoms with Crippen LogP contribution in [0.25, 0.3) is 0 Å². The lowest BCUT2D eigenvalue weighted by atomic mass is 10.0. The first-order valence-electron chi connectivity index (χ1n) is 4.93. The second kappa shape index (κ2) is 5.58. The molecule has 0 aliphatic heterocycles. The van der Waals surface area contributed by atoms with E-state index in [1.54, 1.807) is 6.92 Å². The lowest BCUT2D eigenvalue weighted by molar-refractivity contribution is -0.0142. The van der Waals surface area contributed by atoms with Crippen molar-refractivity contribution in [3.8, 4) is 0 Å². The van der Waals surface area contributed by atoms with Crippen molar-refractivity contribution in [1.82, 2.24) is 0 Å². The van der Waals surface area contributed by atoms with Gasteiger partial charge in [0, 0.05) is 19.6 Å². The molecule has 0 aliphatic carbocycles. The molecule has 3 N–H and O–H groups in total. The van der Waals surface area contributed by atoms with E-state index in [2.05, 4.69) is 13.8 Å². The fourth-order valence-electron chi connectivity index (χ4n) is 0.759. The molecular formula is C10H23NO2. The number of nitrogens with two attached hydrogens (primary N) is 1. The van der Waals surface area contributed by atoms with Gasteiger partial charge in [-0.3, -0.25) is 0 Å². The second-order valence-corrected chi connectivity index (χ2v) is 4.27. The van der Waals surface area contributed by atoms with Gasteiger partial charge in [0.1, 0.15) is 0 Å². The van der Waals surface area contributed by atoms with Crippen molar-refractivity contribution in [3.05, 3.63) is 0 Å². The molecule has 0 aromatic carbocycles. The van der Waals surface area contributed by atoms with Crippen molar-refractivity contribution in [1.29, 1.82) is 0 Å². The summed E-state index contributed by atoms with van der Waals surface area (Å²) in [6, 6.07) is 0. The fourth-order valence-corrected chi connectivity index (χ4v) is 0.759. The summed E-state index contributed by atoms with van der Waals surface area (Å²) < 4.78 is 5.53. The minimum Gasteiger partial charge on any atom is -0.389 e. The SMILES string of the molecule is CC(C)C(C)OCCC(C)(O)CN. The molecule has 0 saturated heterocycles. The highest BCUT2D eigenvalue weighted by Crippen LogP contribution is 2.10. The summed E-state index contributed by atoms with van der Waals surface area (Å²) in [7, 11) is 0. The van der Waals surface area contributed by atoms with E-state index >= 15 is 0 Å². The third kappa shape index (κ3) is 6.02. The number of hydrogen-bond donors (Lipinski definition) is 2. The zero-order valence-electron chi connectivity index (χ0n) is 9.21. The highest BCUT2D eigenvalue weighted by Gasteiger charge is 2.18. The molecule has 2 atom stereocenters. The van der Waals surface area contributed by atoms with Crippen molar-refractivity contribution in [3.63, 3.8) is 0 Å². The maximum atomic E-state index is 9.57. The third-order valence-electron chi connectivity index (χ3n) is 2.40. The molecule has 2 unspecified atom stereocenters.